The molecule has 0 spiro atoms. The second-order valence-electron chi connectivity index (χ2n) is 11.4. The minimum Gasteiger partial charge on any atom is -0.497 e. The van der Waals surface area contributed by atoms with Gasteiger partial charge in [-0.2, -0.15) is 4.31 Å². The summed E-state index contributed by atoms with van der Waals surface area (Å²) in [5, 5.41) is 14.3. The van der Waals surface area contributed by atoms with E-state index >= 15 is 0 Å². The van der Waals surface area contributed by atoms with E-state index in [1.54, 1.807) is 36.4 Å². The molecule has 1 aliphatic rings. The molecular formula is C33H39N3O8S. The monoisotopic (exact) mass is 637 g/mol. The van der Waals surface area contributed by atoms with Gasteiger partial charge in [0, 0.05) is 24.3 Å². The highest BCUT2D eigenvalue weighted by atomic mass is 32.2. The van der Waals surface area contributed by atoms with E-state index in [4.69, 9.17) is 9.47 Å². The third-order valence-corrected chi connectivity index (χ3v) is 9.26. The zero-order chi connectivity index (χ0) is 32.7. The third-order valence-electron chi connectivity index (χ3n) is 7.42. The SMILES string of the molecule is COc1ccc(S(=O)(=O)N(CC(C)C)C[C@H](O)[C@H](Cc2ccccc2)NC(=O)[C@@H]2CN(c3cccc(C(C)=O)c3)C(=O)O2)cc1. The Bertz CT molecular complexity index is 1600. The van der Waals surface area contributed by atoms with E-state index < -0.39 is 40.3 Å². The molecule has 0 unspecified atom stereocenters. The Kier molecular flexibility index (Phi) is 11.0. The molecule has 12 heteroatoms. The molecule has 11 nitrogen and oxygen atoms in total. The standard InChI is InChI=1S/C33H39N3O8S/c1-22(2)19-35(45(41,42)28-15-13-27(43-4)14-16-28)20-30(38)29(17-24-9-6-5-7-10-24)34-32(39)31-21-36(33(40)44-31)26-12-8-11-25(18-26)23(3)37/h5-16,18,22,29-31,38H,17,19-21H2,1-4H3,(H,34,39)/t29-,30-,31-/m0/s1. The Hall–Kier alpha value is -4.26. The van der Waals surface area contributed by atoms with Gasteiger partial charge in [0.25, 0.3) is 5.91 Å². The molecule has 2 amide bonds. The second kappa shape index (κ2) is 14.7. The number of aliphatic hydroxyl groups excluding tert-OH is 1. The molecule has 0 radical (unpaired) electrons. The molecule has 0 saturated carbocycles. The molecule has 1 heterocycles. The van der Waals surface area contributed by atoms with E-state index in [0.717, 1.165) is 5.56 Å². The van der Waals surface area contributed by atoms with Crippen LogP contribution < -0.4 is 15.0 Å². The van der Waals surface area contributed by atoms with Crippen LogP contribution in [0.15, 0.2) is 83.8 Å². The Morgan fingerprint density at radius 1 is 1.04 bits per heavy atom. The van der Waals surface area contributed by atoms with Crippen molar-refractivity contribution in [3.8, 4) is 5.75 Å². The van der Waals surface area contributed by atoms with Crippen LogP contribution in [0.25, 0.3) is 0 Å². The molecule has 3 aromatic rings. The molecule has 0 bridgehead atoms. The molecule has 4 rings (SSSR count). The number of hydrogen-bond acceptors (Lipinski definition) is 8. The molecule has 0 aromatic heterocycles. The van der Waals surface area contributed by atoms with E-state index in [-0.39, 0.29) is 42.7 Å². The number of aliphatic hydroxyl groups is 1. The Morgan fingerprint density at radius 2 is 1.73 bits per heavy atom. The fourth-order valence-corrected chi connectivity index (χ4v) is 6.66. The number of amides is 2. The summed E-state index contributed by atoms with van der Waals surface area (Å²) in [4.78, 5) is 39.3. The van der Waals surface area contributed by atoms with Crippen LogP contribution in [0.2, 0.25) is 0 Å². The number of cyclic esters (lactones) is 1. The van der Waals surface area contributed by atoms with Crippen LogP contribution in [-0.4, -0.2) is 80.6 Å². The van der Waals surface area contributed by atoms with Crippen molar-refractivity contribution in [3.05, 3.63) is 90.0 Å². The molecule has 2 N–H and O–H groups in total. The van der Waals surface area contributed by atoms with Crippen LogP contribution in [-0.2, 0) is 26.0 Å². The van der Waals surface area contributed by atoms with Gasteiger partial charge in [-0.15, -0.1) is 0 Å². The lowest BCUT2D eigenvalue weighted by molar-refractivity contribution is -0.129. The van der Waals surface area contributed by atoms with Gasteiger partial charge in [-0.3, -0.25) is 14.5 Å². The number of carbonyl (C=O) groups excluding carboxylic acids is 3. The largest absolute Gasteiger partial charge is 0.497 e. The topological polar surface area (TPSA) is 143 Å². The van der Waals surface area contributed by atoms with Gasteiger partial charge in [0.2, 0.25) is 10.0 Å². The zero-order valence-electron chi connectivity index (χ0n) is 25.8. The number of sulfonamides is 1. The number of rotatable bonds is 14. The minimum absolute atomic E-state index is 0.0478. The van der Waals surface area contributed by atoms with E-state index in [9.17, 15) is 27.9 Å². The molecular weight excluding hydrogens is 598 g/mol. The summed E-state index contributed by atoms with van der Waals surface area (Å²) in [5.41, 5.74) is 1.63. The normalized spacial score (nSPS) is 16.4. The van der Waals surface area contributed by atoms with E-state index in [1.807, 2.05) is 44.2 Å². The maximum atomic E-state index is 13.7. The number of ketones is 1. The van der Waals surface area contributed by atoms with Gasteiger partial charge in [0.15, 0.2) is 11.9 Å². The first-order chi connectivity index (χ1) is 21.4. The summed E-state index contributed by atoms with van der Waals surface area (Å²) < 4.78 is 39.1. The number of nitrogens with zero attached hydrogens (tertiary/aromatic N) is 2. The number of benzene rings is 3. The number of methoxy groups -OCH3 is 1. The van der Waals surface area contributed by atoms with Crippen molar-refractivity contribution < 1.29 is 37.4 Å². The fourth-order valence-electron chi connectivity index (χ4n) is 5.04. The van der Waals surface area contributed by atoms with Gasteiger partial charge in [0.05, 0.1) is 30.7 Å². The van der Waals surface area contributed by atoms with Gasteiger partial charge >= 0.3 is 6.09 Å². The molecule has 1 saturated heterocycles. The number of carbonyl (C=O) groups is 3. The van der Waals surface area contributed by atoms with Crippen molar-refractivity contribution in [2.24, 2.45) is 5.92 Å². The lowest BCUT2D eigenvalue weighted by Gasteiger charge is -2.31. The molecule has 3 aromatic carbocycles. The van der Waals surface area contributed by atoms with Crippen molar-refractivity contribution in [1.29, 1.82) is 0 Å². The molecule has 1 aliphatic heterocycles. The highest BCUT2D eigenvalue weighted by Crippen LogP contribution is 2.24. The lowest BCUT2D eigenvalue weighted by atomic mass is 10.0. The summed E-state index contributed by atoms with van der Waals surface area (Å²) in [5.74, 6) is -0.357. The summed E-state index contributed by atoms with van der Waals surface area (Å²) in [7, 11) is -2.53. The van der Waals surface area contributed by atoms with Gasteiger partial charge in [-0.1, -0.05) is 56.3 Å². The molecule has 3 atom stereocenters. The Morgan fingerprint density at radius 3 is 2.36 bits per heavy atom. The van der Waals surface area contributed by atoms with Gasteiger partial charge in [-0.25, -0.2) is 13.2 Å². The predicted octanol–water partition coefficient (Wildman–Crippen LogP) is 3.66. The van der Waals surface area contributed by atoms with Gasteiger partial charge in [0.1, 0.15) is 5.75 Å². The first-order valence-electron chi connectivity index (χ1n) is 14.6. The lowest BCUT2D eigenvalue weighted by Crippen LogP contribution is -2.53. The van der Waals surface area contributed by atoms with Gasteiger partial charge < -0.3 is 19.9 Å². The van der Waals surface area contributed by atoms with E-state index in [0.29, 0.717) is 17.0 Å². The fraction of sp³-hybridized carbons (Fsp3) is 0.364. The van der Waals surface area contributed by atoms with Crippen LogP contribution in [0.5, 0.6) is 5.75 Å². The Balaban J connectivity index is 1.55. The number of ether oxygens (including phenoxy) is 2. The highest BCUT2D eigenvalue weighted by Gasteiger charge is 2.39. The smallest absolute Gasteiger partial charge is 0.415 e. The predicted molar refractivity (Wildman–Crippen MR) is 169 cm³/mol. The zero-order valence-corrected chi connectivity index (χ0v) is 26.6. The van der Waals surface area contributed by atoms with Crippen molar-refractivity contribution in [2.45, 2.75) is 50.3 Å². The average Bonchev–Trinajstić information content (AvgIpc) is 3.42. The average molecular weight is 638 g/mol. The minimum atomic E-state index is -4.02. The van der Waals surface area contributed by atoms with E-state index in [2.05, 4.69) is 5.32 Å². The number of hydrogen-bond donors (Lipinski definition) is 2. The van der Waals surface area contributed by atoms with Crippen LogP contribution >= 0.6 is 0 Å². The second-order valence-corrected chi connectivity index (χ2v) is 13.3. The van der Waals surface area contributed by atoms with E-state index in [1.165, 1.54) is 35.4 Å². The number of anilines is 1. The maximum absolute atomic E-state index is 13.7. The Labute approximate surface area is 263 Å². The van der Waals surface area contributed by atoms with Crippen molar-refractivity contribution >= 4 is 33.5 Å². The molecule has 0 aliphatic carbocycles. The van der Waals surface area contributed by atoms with Crippen molar-refractivity contribution in [3.63, 3.8) is 0 Å². The molecule has 240 valence electrons. The number of nitrogens with one attached hydrogen (secondary N) is 1. The van der Waals surface area contributed by atoms with Crippen LogP contribution in [0.3, 0.4) is 0 Å². The van der Waals surface area contributed by atoms with Crippen molar-refractivity contribution in [1.82, 2.24) is 9.62 Å². The summed E-state index contributed by atoms with van der Waals surface area (Å²) in [6.07, 6.45) is -3.07. The summed E-state index contributed by atoms with van der Waals surface area (Å²) >= 11 is 0. The molecule has 45 heavy (non-hydrogen) atoms. The van der Waals surface area contributed by atoms with Crippen LogP contribution in [0.1, 0.15) is 36.7 Å². The van der Waals surface area contributed by atoms with Crippen molar-refractivity contribution in [2.75, 3.05) is 31.6 Å². The summed E-state index contributed by atoms with van der Waals surface area (Å²) in [6, 6.07) is 20.7. The third kappa shape index (κ3) is 8.47. The van der Waals surface area contributed by atoms with Gasteiger partial charge in [-0.05, 0) is 61.2 Å². The maximum Gasteiger partial charge on any atom is 0.415 e. The van der Waals surface area contributed by atoms with Crippen LogP contribution in [0.4, 0.5) is 10.5 Å². The molecule has 1 fully saturated rings. The summed E-state index contributed by atoms with van der Waals surface area (Å²) in [6.45, 7) is 4.90. The first kappa shape index (κ1) is 33.6. The van der Waals surface area contributed by atoms with Crippen LogP contribution in [0, 0.1) is 5.92 Å². The highest BCUT2D eigenvalue weighted by molar-refractivity contribution is 7.89. The first-order valence-corrected chi connectivity index (χ1v) is 16.1. The number of Topliss-reactive ketones (excluding diaryl/α,β-unsaturated/α-hetero) is 1. The quantitative estimate of drug-likeness (QED) is 0.255.